The monoisotopic (exact) mass is 696 g/mol. The summed E-state index contributed by atoms with van der Waals surface area (Å²) in [6.45, 7) is 9.72. The van der Waals surface area contributed by atoms with Crippen molar-refractivity contribution in [2.75, 3.05) is 23.7 Å². The Bertz CT molecular complexity index is 1140. The third kappa shape index (κ3) is 16.8. The predicted molar refractivity (Wildman–Crippen MR) is 175 cm³/mol. The van der Waals surface area contributed by atoms with Crippen molar-refractivity contribution >= 4 is 57.2 Å². The minimum Gasteiger partial charge on any atom is -0.460 e. The highest BCUT2D eigenvalue weighted by Crippen LogP contribution is 2.18. The summed E-state index contributed by atoms with van der Waals surface area (Å²) in [6.07, 6.45) is 2.83. The van der Waals surface area contributed by atoms with Crippen LogP contribution in [0.4, 0.5) is 10.5 Å². The topological polar surface area (TPSA) is 198 Å². The fourth-order valence-electron chi connectivity index (χ4n) is 3.97. The molecule has 252 valence electrons. The Morgan fingerprint density at radius 3 is 2.07 bits per heavy atom. The van der Waals surface area contributed by atoms with Crippen molar-refractivity contribution in [3.63, 3.8) is 0 Å². The maximum Gasteiger partial charge on any atom is 0.312 e. The number of amides is 6. The first kappa shape index (κ1) is 39.3. The normalized spacial score (nSPS) is 12.4. The minimum absolute atomic E-state index is 0.0911. The third-order valence-electron chi connectivity index (χ3n) is 6.60. The number of ether oxygens (including phenoxy) is 1. The summed E-state index contributed by atoms with van der Waals surface area (Å²) in [5.74, 6) is -1.94. The highest BCUT2D eigenvalue weighted by atomic mass is 79.9. The molecule has 0 saturated carbocycles. The van der Waals surface area contributed by atoms with E-state index in [-0.39, 0.29) is 55.0 Å². The lowest BCUT2D eigenvalue weighted by Gasteiger charge is -2.25. The van der Waals surface area contributed by atoms with Crippen LogP contribution in [0.5, 0.6) is 0 Å². The fourth-order valence-corrected chi connectivity index (χ4v) is 4.17. The van der Waals surface area contributed by atoms with Gasteiger partial charge in [-0.1, -0.05) is 48.3 Å². The number of esters is 1. The number of unbranched alkanes of at least 4 members (excludes halogenated alkanes) is 2. The van der Waals surface area contributed by atoms with Gasteiger partial charge in [0.15, 0.2) is 0 Å². The van der Waals surface area contributed by atoms with Gasteiger partial charge in [-0.15, -0.1) is 0 Å². The molecule has 0 heterocycles. The number of anilines is 1. The lowest BCUT2D eigenvalue weighted by molar-refractivity contribution is -0.154. The molecule has 0 aliphatic rings. The van der Waals surface area contributed by atoms with E-state index in [4.69, 9.17) is 10.5 Å². The molecule has 0 unspecified atom stereocenters. The molecule has 0 radical (unpaired) electrons. The van der Waals surface area contributed by atoms with Gasteiger partial charge in [-0.2, -0.15) is 0 Å². The second-order valence-electron chi connectivity index (χ2n) is 12.1. The smallest absolute Gasteiger partial charge is 0.312 e. The van der Waals surface area contributed by atoms with Gasteiger partial charge in [0.25, 0.3) is 0 Å². The molecule has 13 nitrogen and oxygen atoms in total. The molecule has 6 amide bonds. The number of urea groups is 1. The van der Waals surface area contributed by atoms with Crippen molar-refractivity contribution < 1.29 is 33.5 Å². The van der Waals surface area contributed by atoms with Crippen molar-refractivity contribution in [3.05, 3.63) is 29.8 Å². The Morgan fingerprint density at radius 1 is 0.844 bits per heavy atom. The largest absolute Gasteiger partial charge is 0.460 e. The average molecular weight is 698 g/mol. The lowest BCUT2D eigenvalue weighted by Crippen LogP contribution is -2.54. The van der Waals surface area contributed by atoms with Crippen molar-refractivity contribution in [1.29, 1.82) is 0 Å². The first-order valence-corrected chi connectivity index (χ1v) is 16.3. The van der Waals surface area contributed by atoms with Crippen LogP contribution < -0.4 is 32.3 Å². The maximum absolute atomic E-state index is 13.3. The minimum atomic E-state index is -0.965. The van der Waals surface area contributed by atoms with Gasteiger partial charge < -0.3 is 37.1 Å². The Morgan fingerprint density at radius 2 is 1.49 bits per heavy atom. The molecule has 0 bridgehead atoms. The number of rotatable bonds is 19. The summed E-state index contributed by atoms with van der Waals surface area (Å²) in [5, 5.41) is 13.8. The number of halogens is 1. The molecule has 2 atom stereocenters. The second kappa shape index (κ2) is 20.4. The molecule has 0 aliphatic carbocycles. The second-order valence-corrected chi connectivity index (χ2v) is 12.7. The summed E-state index contributed by atoms with van der Waals surface area (Å²) in [7, 11) is 0. The number of carbonyl (C=O) groups is 6. The van der Waals surface area contributed by atoms with E-state index in [1.165, 1.54) is 0 Å². The van der Waals surface area contributed by atoms with Gasteiger partial charge in [-0.25, -0.2) is 4.79 Å². The molecule has 0 aromatic heterocycles. The fraction of sp³-hybridized carbons (Fsp3) is 0.613. The molecular weight excluding hydrogens is 648 g/mol. The molecule has 1 rings (SSSR count). The standard InChI is InChI=1S/C31H49BrN6O7/c1-20(2)26(38-24(39)11-7-6-8-16-34-25(40)18-32)28(42)37-23(10-9-17-35-30(33)44)27(41)36-22-14-12-21(13-15-22)19-45-29(43)31(3,4)5/h12-15,20,23,26H,6-11,16-19H2,1-5H3,(H,34,40)(H,36,41)(H,37,42)(H,38,39)(H3,33,35,44)/t23-,26-/m1/s1. The third-order valence-corrected chi connectivity index (χ3v) is 7.10. The van der Waals surface area contributed by atoms with Gasteiger partial charge in [-0.05, 0) is 70.1 Å². The Hall–Kier alpha value is -3.68. The summed E-state index contributed by atoms with van der Waals surface area (Å²) >= 11 is 3.08. The van der Waals surface area contributed by atoms with Crippen molar-refractivity contribution in [1.82, 2.24) is 21.3 Å². The van der Waals surface area contributed by atoms with Crippen LogP contribution in [0.1, 0.15) is 78.7 Å². The lowest BCUT2D eigenvalue weighted by atomic mass is 9.97. The Balaban J connectivity index is 2.80. The zero-order valence-electron chi connectivity index (χ0n) is 26.9. The Labute approximate surface area is 274 Å². The molecule has 14 heteroatoms. The van der Waals surface area contributed by atoms with Crippen molar-refractivity contribution in [2.45, 2.75) is 91.8 Å². The molecule has 0 spiro atoms. The average Bonchev–Trinajstić information content (AvgIpc) is 2.97. The number of primary amides is 1. The number of benzene rings is 1. The van der Waals surface area contributed by atoms with Crippen LogP contribution in [0, 0.1) is 11.3 Å². The maximum atomic E-state index is 13.3. The van der Waals surface area contributed by atoms with Crippen molar-refractivity contribution in [3.8, 4) is 0 Å². The molecule has 1 aromatic rings. The van der Waals surface area contributed by atoms with E-state index in [1.807, 2.05) is 0 Å². The van der Waals surface area contributed by atoms with Crippen LogP contribution in [-0.4, -0.2) is 66.1 Å². The highest BCUT2D eigenvalue weighted by Gasteiger charge is 2.29. The van der Waals surface area contributed by atoms with Gasteiger partial charge in [0.2, 0.25) is 23.6 Å². The molecule has 0 fully saturated rings. The van der Waals surface area contributed by atoms with Gasteiger partial charge in [0.05, 0.1) is 10.7 Å². The van der Waals surface area contributed by atoms with E-state index < -0.39 is 35.3 Å². The van der Waals surface area contributed by atoms with Gasteiger partial charge in [-0.3, -0.25) is 24.0 Å². The van der Waals surface area contributed by atoms with Crippen LogP contribution in [-0.2, 0) is 35.3 Å². The first-order valence-electron chi connectivity index (χ1n) is 15.2. The quantitative estimate of drug-likeness (QED) is 0.0726. The number of hydrogen-bond acceptors (Lipinski definition) is 7. The predicted octanol–water partition coefficient (Wildman–Crippen LogP) is 2.86. The molecular formula is C31H49BrN6O7. The van der Waals surface area contributed by atoms with E-state index in [1.54, 1.807) is 58.9 Å². The zero-order valence-corrected chi connectivity index (χ0v) is 28.5. The van der Waals surface area contributed by atoms with Crippen molar-refractivity contribution in [2.24, 2.45) is 17.1 Å². The Kier molecular flexibility index (Phi) is 17.8. The van der Waals surface area contributed by atoms with E-state index in [0.29, 0.717) is 25.1 Å². The van der Waals surface area contributed by atoms with E-state index in [0.717, 1.165) is 18.4 Å². The van der Waals surface area contributed by atoms with Crippen LogP contribution in [0.15, 0.2) is 24.3 Å². The summed E-state index contributed by atoms with van der Waals surface area (Å²) < 4.78 is 5.33. The van der Waals surface area contributed by atoms with Gasteiger partial charge in [0.1, 0.15) is 18.7 Å². The molecule has 1 aromatic carbocycles. The molecule has 45 heavy (non-hydrogen) atoms. The van der Waals surface area contributed by atoms with Gasteiger partial charge in [0, 0.05) is 25.2 Å². The van der Waals surface area contributed by atoms with E-state index >= 15 is 0 Å². The summed E-state index contributed by atoms with van der Waals surface area (Å²) in [6, 6.07) is 4.24. The first-order chi connectivity index (χ1) is 21.1. The summed E-state index contributed by atoms with van der Waals surface area (Å²) in [4.78, 5) is 73.6. The van der Waals surface area contributed by atoms with E-state index in [2.05, 4.69) is 42.5 Å². The molecule has 0 saturated heterocycles. The van der Waals surface area contributed by atoms with E-state index in [9.17, 15) is 28.8 Å². The molecule has 0 aliphatic heterocycles. The zero-order chi connectivity index (χ0) is 34.0. The van der Waals surface area contributed by atoms with Crippen LogP contribution in [0.25, 0.3) is 0 Å². The number of alkyl halides is 1. The van der Waals surface area contributed by atoms with Gasteiger partial charge >= 0.3 is 12.0 Å². The SMILES string of the molecule is CC(C)[C@@H](NC(=O)CCCCCNC(=O)CBr)C(=O)N[C@H](CCCNC(N)=O)C(=O)Nc1ccc(COC(=O)C(C)(C)C)cc1. The number of nitrogens with two attached hydrogens (primary N) is 1. The van der Waals surface area contributed by atoms with Crippen LogP contribution >= 0.6 is 15.9 Å². The summed E-state index contributed by atoms with van der Waals surface area (Å²) in [5.41, 5.74) is 5.73. The number of carbonyl (C=O) groups excluding carboxylic acids is 6. The highest BCUT2D eigenvalue weighted by molar-refractivity contribution is 9.09. The van der Waals surface area contributed by atoms with Crippen LogP contribution in [0.3, 0.4) is 0 Å². The van der Waals surface area contributed by atoms with Crippen LogP contribution in [0.2, 0.25) is 0 Å². The number of nitrogens with one attached hydrogen (secondary N) is 5. The number of hydrogen-bond donors (Lipinski definition) is 6. The molecule has 7 N–H and O–H groups in total.